The van der Waals surface area contributed by atoms with Crippen molar-refractivity contribution in [2.45, 2.75) is 81.3 Å². The van der Waals surface area contributed by atoms with Gasteiger partial charge in [-0.05, 0) is 64.9 Å². The standard InChI is InChI=1S/C21H17F6NO4.C19H14BrF6NO2/c22-20(23,24)19(31,21(25,26)27)16-5-1-13(2-6-16)10-28-17-7-3-14(11-32-12-29)9-15(17)4-8-18(28)30;20-14-6-7-15-12(9-14)3-8-16(28)27(15)10-11-1-4-13(5-2-11)17(29,18(21,22)23)19(24,25)26/h1-3,5-7,9,12,31H,4,8,10-11H2;1-2,4-7,9,29H,3,8,10H2. The van der Waals surface area contributed by atoms with Crippen LogP contribution in [0.25, 0.3) is 0 Å². The average molecular weight is 944 g/mol. The van der Waals surface area contributed by atoms with Gasteiger partial charge in [0.25, 0.3) is 17.7 Å². The molecule has 2 aliphatic rings. The van der Waals surface area contributed by atoms with Crippen LogP contribution in [0, 0.1) is 0 Å². The van der Waals surface area contributed by atoms with Crippen molar-refractivity contribution in [3.63, 3.8) is 0 Å². The minimum atomic E-state index is -5.97. The van der Waals surface area contributed by atoms with Crippen LogP contribution in [0.4, 0.5) is 64.1 Å². The van der Waals surface area contributed by atoms with Crippen molar-refractivity contribution in [3.8, 4) is 0 Å². The summed E-state index contributed by atoms with van der Waals surface area (Å²) >= 11 is 3.34. The monoisotopic (exact) mass is 942 g/mol. The number of aryl methyl sites for hydroxylation is 2. The lowest BCUT2D eigenvalue weighted by Crippen LogP contribution is -2.53. The number of carbonyl (C=O) groups excluding carboxylic acids is 3. The first kappa shape index (κ1) is 46.9. The largest absolute Gasteiger partial charge is 0.463 e. The molecule has 8 nitrogen and oxygen atoms in total. The molecule has 6 rings (SSSR count). The second-order valence-electron chi connectivity index (χ2n) is 13.9. The average Bonchev–Trinajstić information content (AvgIpc) is 3.17. The summed E-state index contributed by atoms with van der Waals surface area (Å²) in [4.78, 5) is 37.9. The molecule has 2 N–H and O–H groups in total. The summed E-state index contributed by atoms with van der Waals surface area (Å²) in [5, 5.41) is 18.9. The van der Waals surface area contributed by atoms with Gasteiger partial charge in [0.15, 0.2) is 0 Å². The molecule has 0 unspecified atom stereocenters. The van der Waals surface area contributed by atoms with Crippen molar-refractivity contribution in [1.82, 2.24) is 0 Å². The Kier molecular flexibility index (Phi) is 13.3. The topological polar surface area (TPSA) is 107 Å². The molecule has 0 aliphatic carbocycles. The fraction of sp³-hybridized carbons (Fsp3) is 0.325. The lowest BCUT2D eigenvalue weighted by atomic mass is 9.91. The van der Waals surface area contributed by atoms with Gasteiger partial charge in [0.05, 0.1) is 13.1 Å². The molecule has 4 aromatic rings. The summed E-state index contributed by atoms with van der Waals surface area (Å²) in [5.41, 5.74) is -8.52. The van der Waals surface area contributed by atoms with Gasteiger partial charge in [-0.1, -0.05) is 76.6 Å². The number of rotatable bonds is 9. The SMILES string of the molecule is O=C1CCc2cc(Br)ccc2N1Cc1ccc(C(O)(C(F)(F)F)C(F)(F)F)cc1.O=COCc1ccc2c(c1)CCC(=O)N2Cc1ccc(C(O)(C(F)(F)F)C(F)(F)F)cc1. The van der Waals surface area contributed by atoms with Crippen LogP contribution in [0.3, 0.4) is 0 Å². The lowest BCUT2D eigenvalue weighted by molar-refractivity contribution is -0.376. The number of ether oxygens (including phenoxy) is 1. The van der Waals surface area contributed by atoms with Crippen molar-refractivity contribution in [1.29, 1.82) is 0 Å². The maximum Gasteiger partial charge on any atom is 0.430 e. The molecule has 0 atom stereocenters. The second kappa shape index (κ2) is 17.3. The molecule has 2 amide bonds. The highest BCUT2D eigenvalue weighted by molar-refractivity contribution is 9.10. The number of alkyl halides is 12. The van der Waals surface area contributed by atoms with Gasteiger partial charge in [-0.25, -0.2) is 0 Å². The third kappa shape index (κ3) is 9.52. The molecule has 21 heteroatoms. The first-order chi connectivity index (χ1) is 28.2. The maximum absolute atomic E-state index is 13.0. The molecule has 328 valence electrons. The van der Waals surface area contributed by atoms with Gasteiger partial charge >= 0.3 is 24.7 Å². The Morgan fingerprint density at radius 2 is 0.902 bits per heavy atom. The van der Waals surface area contributed by atoms with Gasteiger partial charge in [-0.15, -0.1) is 0 Å². The predicted octanol–water partition coefficient (Wildman–Crippen LogP) is 9.39. The number of carbonyl (C=O) groups is 3. The first-order valence-corrected chi connectivity index (χ1v) is 18.5. The van der Waals surface area contributed by atoms with Crippen LogP contribution in [0.1, 0.15) is 51.8 Å². The maximum atomic E-state index is 13.0. The van der Waals surface area contributed by atoms with E-state index in [0.717, 1.165) is 39.9 Å². The number of hydrogen-bond donors (Lipinski definition) is 2. The molecular weight excluding hydrogens is 912 g/mol. The highest BCUT2D eigenvalue weighted by Gasteiger charge is 2.72. The van der Waals surface area contributed by atoms with Crippen molar-refractivity contribution in [2.24, 2.45) is 0 Å². The van der Waals surface area contributed by atoms with Crippen LogP contribution in [-0.4, -0.2) is 53.2 Å². The number of anilines is 2. The van der Waals surface area contributed by atoms with E-state index < -0.39 is 47.0 Å². The summed E-state index contributed by atoms with van der Waals surface area (Å²) in [6.45, 7) is 0.238. The molecule has 0 fully saturated rings. The third-order valence-corrected chi connectivity index (χ3v) is 10.5. The minimum Gasteiger partial charge on any atom is -0.463 e. The number of benzene rings is 4. The Morgan fingerprint density at radius 1 is 0.541 bits per heavy atom. The summed E-state index contributed by atoms with van der Waals surface area (Å²) < 4.78 is 162. The lowest BCUT2D eigenvalue weighted by Gasteiger charge is -2.33. The van der Waals surface area contributed by atoms with Gasteiger partial charge in [0.1, 0.15) is 6.61 Å². The number of amides is 2. The molecule has 0 aromatic heterocycles. The van der Waals surface area contributed by atoms with E-state index in [9.17, 15) is 77.3 Å². The zero-order chi connectivity index (χ0) is 45.3. The second-order valence-corrected chi connectivity index (χ2v) is 14.8. The Balaban J connectivity index is 0.000000232. The van der Waals surface area contributed by atoms with E-state index in [1.165, 1.54) is 9.80 Å². The Morgan fingerprint density at radius 3 is 1.28 bits per heavy atom. The summed E-state index contributed by atoms with van der Waals surface area (Å²) in [6.07, 6.45) is -22.5. The fourth-order valence-electron chi connectivity index (χ4n) is 6.75. The zero-order valence-corrected chi connectivity index (χ0v) is 32.5. The van der Waals surface area contributed by atoms with Crippen molar-refractivity contribution in [2.75, 3.05) is 9.80 Å². The first-order valence-electron chi connectivity index (χ1n) is 17.7. The van der Waals surface area contributed by atoms with E-state index in [4.69, 9.17) is 4.74 Å². The molecular formula is C40H31BrF12N2O6. The van der Waals surface area contributed by atoms with Gasteiger partial charge in [0.2, 0.25) is 11.8 Å². The van der Waals surface area contributed by atoms with Crippen molar-refractivity contribution < 1.29 is 82.0 Å². The van der Waals surface area contributed by atoms with Crippen molar-refractivity contribution >= 4 is 45.6 Å². The Labute approximate surface area is 346 Å². The van der Waals surface area contributed by atoms with E-state index in [1.807, 2.05) is 6.07 Å². The van der Waals surface area contributed by atoms with Gasteiger partial charge in [0, 0.05) is 39.8 Å². The minimum absolute atomic E-state index is 0.0236. The van der Waals surface area contributed by atoms with Crippen LogP contribution in [-0.2, 0) is 62.9 Å². The fourth-order valence-corrected chi connectivity index (χ4v) is 7.16. The molecule has 0 saturated carbocycles. The van der Waals surface area contributed by atoms with Gasteiger partial charge in [-0.2, -0.15) is 52.7 Å². The van der Waals surface area contributed by atoms with Crippen LogP contribution in [0.15, 0.2) is 89.4 Å². The Hall–Kier alpha value is -5.15. The van der Waals surface area contributed by atoms with Crippen LogP contribution >= 0.6 is 15.9 Å². The zero-order valence-electron chi connectivity index (χ0n) is 30.9. The number of nitrogens with zero attached hydrogens (tertiary/aromatic N) is 2. The summed E-state index contributed by atoms with van der Waals surface area (Å²) in [6, 6.07) is 16.7. The van der Waals surface area contributed by atoms with E-state index >= 15 is 0 Å². The Bertz CT molecular complexity index is 2210. The molecule has 4 aromatic carbocycles. The smallest absolute Gasteiger partial charge is 0.430 e. The highest BCUT2D eigenvalue weighted by atomic mass is 79.9. The summed E-state index contributed by atoms with van der Waals surface area (Å²) in [5.74, 6) is -0.466. The molecule has 0 saturated heterocycles. The summed E-state index contributed by atoms with van der Waals surface area (Å²) in [7, 11) is 0. The molecule has 2 heterocycles. The number of halogens is 13. The number of hydrogen-bond acceptors (Lipinski definition) is 6. The molecule has 0 bridgehead atoms. The normalized spacial score (nSPS) is 15.1. The molecule has 61 heavy (non-hydrogen) atoms. The van der Waals surface area contributed by atoms with Crippen LogP contribution in [0.5, 0.6) is 0 Å². The highest BCUT2D eigenvalue weighted by Crippen LogP contribution is 2.51. The quantitative estimate of drug-likeness (QED) is 0.128. The molecule has 0 spiro atoms. The van der Waals surface area contributed by atoms with E-state index in [0.29, 0.717) is 66.1 Å². The van der Waals surface area contributed by atoms with Gasteiger partial charge in [-0.3, -0.25) is 14.4 Å². The molecule has 2 aliphatic heterocycles. The number of fused-ring (bicyclic) bond motifs is 2. The third-order valence-electron chi connectivity index (χ3n) is 9.97. The van der Waals surface area contributed by atoms with Crippen LogP contribution in [0.2, 0.25) is 0 Å². The van der Waals surface area contributed by atoms with Crippen molar-refractivity contribution in [3.05, 3.63) is 128 Å². The van der Waals surface area contributed by atoms with E-state index in [1.54, 1.807) is 30.3 Å². The molecule has 0 radical (unpaired) electrons. The van der Waals surface area contributed by atoms with Gasteiger partial charge < -0.3 is 24.7 Å². The van der Waals surface area contributed by atoms with Crippen LogP contribution < -0.4 is 9.80 Å². The number of aliphatic hydroxyl groups is 2. The predicted molar refractivity (Wildman–Crippen MR) is 195 cm³/mol. The van der Waals surface area contributed by atoms with E-state index in [2.05, 4.69) is 15.9 Å². The van der Waals surface area contributed by atoms with E-state index in [-0.39, 0.29) is 49.9 Å².